The molecule has 0 radical (unpaired) electrons. The van der Waals surface area contributed by atoms with Crippen LogP contribution in [0, 0.1) is 0 Å². The first-order valence-corrected chi connectivity index (χ1v) is 9.34. The molecule has 1 aliphatic heterocycles. The molecule has 0 saturated carbocycles. The maximum atomic E-state index is 12.5. The van der Waals surface area contributed by atoms with E-state index in [1.165, 1.54) is 6.07 Å². The Balaban J connectivity index is 1.61. The van der Waals surface area contributed by atoms with E-state index in [0.717, 1.165) is 12.0 Å². The van der Waals surface area contributed by atoms with Crippen molar-refractivity contribution < 1.29 is 23.9 Å². The van der Waals surface area contributed by atoms with Crippen LogP contribution in [-0.4, -0.2) is 37.5 Å². The molecule has 0 bridgehead atoms. The molecule has 1 aliphatic rings. The monoisotopic (exact) mass is 417 g/mol. The van der Waals surface area contributed by atoms with E-state index in [9.17, 15) is 14.4 Å². The molecular weight excluding hydrogens is 398 g/mol. The Kier molecular flexibility index (Phi) is 6.56. The van der Waals surface area contributed by atoms with Crippen LogP contribution in [0.25, 0.3) is 0 Å². The van der Waals surface area contributed by atoms with Crippen LogP contribution in [0.3, 0.4) is 0 Å². The molecule has 0 fully saturated rings. The quantitative estimate of drug-likeness (QED) is 0.660. The number of primary amides is 1. The summed E-state index contributed by atoms with van der Waals surface area (Å²) < 4.78 is 11.2. The number of nitrogens with two attached hydrogens (primary N) is 1. The molecule has 0 aromatic heterocycles. The SMILES string of the molecule is NC(=O)CNC(=O)c1ccc(CNC(=O)c2cc(Cl)c3c(c2)OCCCO3)cc1. The number of amides is 3. The highest BCUT2D eigenvalue weighted by Gasteiger charge is 2.18. The predicted molar refractivity (Wildman–Crippen MR) is 106 cm³/mol. The molecule has 4 N–H and O–H groups in total. The Bertz CT molecular complexity index is 930. The lowest BCUT2D eigenvalue weighted by atomic mass is 10.1. The van der Waals surface area contributed by atoms with Crippen LogP contribution in [0.2, 0.25) is 5.02 Å². The largest absolute Gasteiger partial charge is 0.489 e. The van der Waals surface area contributed by atoms with Crippen LogP contribution in [-0.2, 0) is 11.3 Å². The summed E-state index contributed by atoms with van der Waals surface area (Å²) in [5, 5.41) is 5.52. The molecule has 0 atom stereocenters. The van der Waals surface area contributed by atoms with Gasteiger partial charge in [-0.15, -0.1) is 0 Å². The van der Waals surface area contributed by atoms with Gasteiger partial charge in [0.15, 0.2) is 11.5 Å². The zero-order chi connectivity index (χ0) is 20.8. The fourth-order valence-corrected chi connectivity index (χ4v) is 2.95. The number of hydrogen-bond donors (Lipinski definition) is 3. The van der Waals surface area contributed by atoms with E-state index in [2.05, 4.69) is 10.6 Å². The summed E-state index contributed by atoms with van der Waals surface area (Å²) >= 11 is 6.22. The van der Waals surface area contributed by atoms with E-state index < -0.39 is 11.8 Å². The molecule has 0 unspecified atom stereocenters. The molecule has 3 amide bonds. The fourth-order valence-electron chi connectivity index (χ4n) is 2.69. The molecule has 0 saturated heterocycles. The van der Waals surface area contributed by atoms with Crippen molar-refractivity contribution in [2.75, 3.05) is 19.8 Å². The van der Waals surface area contributed by atoms with Crippen molar-refractivity contribution in [1.29, 1.82) is 0 Å². The van der Waals surface area contributed by atoms with Crippen LogP contribution >= 0.6 is 11.6 Å². The molecule has 152 valence electrons. The van der Waals surface area contributed by atoms with Gasteiger partial charge >= 0.3 is 0 Å². The highest BCUT2D eigenvalue weighted by molar-refractivity contribution is 6.32. The van der Waals surface area contributed by atoms with Crippen molar-refractivity contribution in [3.8, 4) is 11.5 Å². The lowest BCUT2D eigenvalue weighted by Gasteiger charge is -2.12. The Hall–Kier alpha value is -3.26. The Morgan fingerprint density at radius 2 is 1.66 bits per heavy atom. The second-order valence-corrected chi connectivity index (χ2v) is 6.77. The Morgan fingerprint density at radius 1 is 0.966 bits per heavy atom. The topological polar surface area (TPSA) is 120 Å². The maximum absolute atomic E-state index is 12.5. The summed E-state index contributed by atoms with van der Waals surface area (Å²) in [5.74, 6) is -0.433. The van der Waals surface area contributed by atoms with Gasteiger partial charge in [-0.3, -0.25) is 14.4 Å². The smallest absolute Gasteiger partial charge is 0.251 e. The molecule has 3 rings (SSSR count). The summed E-state index contributed by atoms with van der Waals surface area (Å²) in [6, 6.07) is 9.76. The van der Waals surface area contributed by atoms with Crippen LogP contribution < -0.4 is 25.8 Å². The molecule has 0 aliphatic carbocycles. The van der Waals surface area contributed by atoms with E-state index in [-0.39, 0.29) is 19.0 Å². The van der Waals surface area contributed by atoms with Crippen LogP contribution in [0.4, 0.5) is 0 Å². The molecule has 2 aromatic carbocycles. The number of fused-ring (bicyclic) bond motifs is 1. The van der Waals surface area contributed by atoms with E-state index in [4.69, 9.17) is 26.8 Å². The number of carbonyl (C=O) groups is 3. The molecule has 2 aromatic rings. The van der Waals surface area contributed by atoms with Gasteiger partial charge in [-0.05, 0) is 29.8 Å². The number of benzene rings is 2. The predicted octanol–water partition coefficient (Wildman–Crippen LogP) is 1.65. The van der Waals surface area contributed by atoms with Gasteiger partial charge in [-0.2, -0.15) is 0 Å². The van der Waals surface area contributed by atoms with Gasteiger partial charge in [0.1, 0.15) is 0 Å². The van der Waals surface area contributed by atoms with Crippen molar-refractivity contribution >= 4 is 29.3 Å². The number of ether oxygens (including phenoxy) is 2. The fraction of sp³-hybridized carbons (Fsp3) is 0.250. The number of hydrogen-bond acceptors (Lipinski definition) is 5. The van der Waals surface area contributed by atoms with Crippen LogP contribution in [0.5, 0.6) is 11.5 Å². The summed E-state index contributed by atoms with van der Waals surface area (Å²) in [7, 11) is 0. The normalized spacial score (nSPS) is 12.6. The molecule has 8 nitrogen and oxygen atoms in total. The minimum absolute atomic E-state index is 0.227. The average molecular weight is 418 g/mol. The van der Waals surface area contributed by atoms with Gasteiger partial charge < -0.3 is 25.8 Å². The maximum Gasteiger partial charge on any atom is 0.251 e. The lowest BCUT2D eigenvalue weighted by Crippen LogP contribution is -2.33. The first kappa shape index (κ1) is 20.5. The first-order chi connectivity index (χ1) is 13.9. The van der Waals surface area contributed by atoms with Crippen molar-refractivity contribution in [2.45, 2.75) is 13.0 Å². The third-order valence-corrected chi connectivity index (χ3v) is 4.44. The van der Waals surface area contributed by atoms with Crippen LogP contribution in [0.1, 0.15) is 32.7 Å². The van der Waals surface area contributed by atoms with Crippen molar-refractivity contribution in [1.82, 2.24) is 10.6 Å². The second kappa shape index (κ2) is 9.29. The van der Waals surface area contributed by atoms with E-state index in [0.29, 0.717) is 40.9 Å². The number of rotatable bonds is 6. The summed E-state index contributed by atoms with van der Waals surface area (Å²) in [4.78, 5) is 35.1. The standard InChI is InChI=1S/C20H20ClN3O5/c21-15-8-14(9-16-18(15)29-7-1-6-28-16)20(27)23-10-12-2-4-13(5-3-12)19(26)24-11-17(22)25/h2-5,8-9H,1,6-7,10-11H2,(H2,22,25)(H,23,27)(H,24,26). The highest BCUT2D eigenvalue weighted by atomic mass is 35.5. The van der Waals surface area contributed by atoms with E-state index >= 15 is 0 Å². The van der Waals surface area contributed by atoms with Gasteiger partial charge in [0.25, 0.3) is 11.8 Å². The van der Waals surface area contributed by atoms with Crippen molar-refractivity contribution in [3.05, 3.63) is 58.1 Å². The minimum atomic E-state index is -0.618. The molecule has 0 spiro atoms. The summed E-state index contributed by atoms with van der Waals surface area (Å²) in [6.45, 7) is 1.03. The van der Waals surface area contributed by atoms with Gasteiger partial charge in [-0.25, -0.2) is 0 Å². The highest BCUT2D eigenvalue weighted by Crippen LogP contribution is 2.37. The molecule has 9 heteroatoms. The summed E-state index contributed by atoms with van der Waals surface area (Å²) in [5.41, 5.74) is 6.54. The Labute approximate surface area is 172 Å². The van der Waals surface area contributed by atoms with Gasteiger partial charge in [-0.1, -0.05) is 23.7 Å². The number of halogens is 1. The first-order valence-electron chi connectivity index (χ1n) is 8.97. The molecular formula is C20H20ClN3O5. The van der Waals surface area contributed by atoms with Crippen molar-refractivity contribution in [2.24, 2.45) is 5.73 Å². The minimum Gasteiger partial charge on any atom is -0.489 e. The van der Waals surface area contributed by atoms with E-state index in [1.807, 2.05) is 0 Å². The molecule has 29 heavy (non-hydrogen) atoms. The zero-order valence-corrected chi connectivity index (χ0v) is 16.3. The van der Waals surface area contributed by atoms with Gasteiger partial charge in [0, 0.05) is 24.1 Å². The van der Waals surface area contributed by atoms with Gasteiger partial charge in [0.2, 0.25) is 5.91 Å². The number of nitrogens with one attached hydrogen (secondary N) is 2. The lowest BCUT2D eigenvalue weighted by molar-refractivity contribution is -0.117. The van der Waals surface area contributed by atoms with Crippen LogP contribution in [0.15, 0.2) is 36.4 Å². The molecule has 1 heterocycles. The second-order valence-electron chi connectivity index (χ2n) is 6.36. The van der Waals surface area contributed by atoms with E-state index in [1.54, 1.807) is 30.3 Å². The zero-order valence-electron chi connectivity index (χ0n) is 15.5. The number of carbonyl (C=O) groups excluding carboxylic acids is 3. The van der Waals surface area contributed by atoms with Gasteiger partial charge in [0.05, 0.1) is 24.8 Å². The third kappa shape index (κ3) is 5.39. The average Bonchev–Trinajstić information content (AvgIpc) is 2.96. The Morgan fingerprint density at radius 3 is 2.38 bits per heavy atom. The summed E-state index contributed by atoms with van der Waals surface area (Å²) in [6.07, 6.45) is 0.739. The van der Waals surface area contributed by atoms with Crippen molar-refractivity contribution in [3.63, 3.8) is 0 Å². The third-order valence-electron chi connectivity index (χ3n) is 4.16.